The molecule has 1 aliphatic carbocycles. The lowest BCUT2D eigenvalue weighted by atomic mass is 9.68. The molecule has 1 saturated carbocycles. The molecule has 1 aromatic rings. The molecule has 1 heterocycles. The molecule has 5 nitrogen and oxygen atoms in total. The third-order valence-corrected chi connectivity index (χ3v) is 6.89. The Labute approximate surface area is 177 Å². The SMILES string of the molecule is CC(C)(C)C1CCC(O)(CN2CC[C@H](O)[C@@](O)(COc3cccc(F)c3F)C2)CC1. The first kappa shape index (κ1) is 23.4. The molecule has 0 radical (unpaired) electrons. The van der Waals surface area contributed by atoms with Gasteiger partial charge in [0.2, 0.25) is 5.82 Å². The van der Waals surface area contributed by atoms with Crippen LogP contribution in [0.25, 0.3) is 0 Å². The van der Waals surface area contributed by atoms with Crippen molar-refractivity contribution in [3.8, 4) is 5.75 Å². The molecular formula is C23H35F2NO4. The molecule has 2 aliphatic rings. The molecule has 0 aromatic heterocycles. The van der Waals surface area contributed by atoms with Crippen LogP contribution in [0, 0.1) is 23.0 Å². The Kier molecular flexibility index (Phi) is 6.77. The van der Waals surface area contributed by atoms with Crippen LogP contribution in [0.15, 0.2) is 18.2 Å². The van der Waals surface area contributed by atoms with E-state index >= 15 is 0 Å². The second-order valence-corrected chi connectivity index (χ2v) is 10.3. The molecule has 1 aromatic carbocycles. The summed E-state index contributed by atoms with van der Waals surface area (Å²) in [6.45, 7) is 7.38. The maximum Gasteiger partial charge on any atom is 0.200 e. The molecule has 7 heteroatoms. The van der Waals surface area contributed by atoms with Crippen molar-refractivity contribution >= 4 is 0 Å². The van der Waals surface area contributed by atoms with Crippen LogP contribution >= 0.6 is 0 Å². The van der Waals surface area contributed by atoms with E-state index in [1.165, 1.54) is 12.1 Å². The van der Waals surface area contributed by atoms with Gasteiger partial charge in [-0.15, -0.1) is 0 Å². The number of β-amino-alcohol motifs (C(OH)–C–C–N with tert-alkyl or cyclic N) is 2. The van der Waals surface area contributed by atoms with Gasteiger partial charge in [0.25, 0.3) is 0 Å². The lowest BCUT2D eigenvalue weighted by molar-refractivity contribution is -0.151. The molecule has 170 valence electrons. The summed E-state index contributed by atoms with van der Waals surface area (Å²) >= 11 is 0. The van der Waals surface area contributed by atoms with Crippen molar-refractivity contribution in [2.45, 2.75) is 70.2 Å². The van der Waals surface area contributed by atoms with E-state index in [2.05, 4.69) is 20.8 Å². The number of aliphatic hydroxyl groups is 3. The number of rotatable bonds is 5. The first-order chi connectivity index (χ1) is 13.9. The molecule has 1 saturated heterocycles. The zero-order valence-electron chi connectivity index (χ0n) is 18.2. The largest absolute Gasteiger partial charge is 0.487 e. The molecule has 2 fully saturated rings. The molecule has 30 heavy (non-hydrogen) atoms. The van der Waals surface area contributed by atoms with E-state index in [1.807, 2.05) is 4.90 Å². The van der Waals surface area contributed by atoms with Crippen LogP contribution in [0.5, 0.6) is 5.75 Å². The zero-order chi connectivity index (χ0) is 22.2. The van der Waals surface area contributed by atoms with Crippen molar-refractivity contribution in [1.82, 2.24) is 4.90 Å². The highest BCUT2D eigenvalue weighted by atomic mass is 19.2. The average Bonchev–Trinajstić information content (AvgIpc) is 2.65. The number of hydrogen-bond donors (Lipinski definition) is 3. The van der Waals surface area contributed by atoms with E-state index in [0.717, 1.165) is 18.9 Å². The van der Waals surface area contributed by atoms with E-state index in [0.29, 0.717) is 38.3 Å². The van der Waals surface area contributed by atoms with Gasteiger partial charge in [-0.2, -0.15) is 4.39 Å². The summed E-state index contributed by atoms with van der Waals surface area (Å²) in [5.41, 5.74) is -2.23. The third kappa shape index (κ3) is 5.31. The summed E-state index contributed by atoms with van der Waals surface area (Å²) in [5.74, 6) is -1.87. The smallest absolute Gasteiger partial charge is 0.200 e. The van der Waals surface area contributed by atoms with Gasteiger partial charge in [-0.3, -0.25) is 4.90 Å². The summed E-state index contributed by atoms with van der Waals surface area (Å²) in [7, 11) is 0. The number of hydrogen-bond acceptors (Lipinski definition) is 5. The summed E-state index contributed by atoms with van der Waals surface area (Å²) in [6.07, 6.45) is 2.60. The van der Waals surface area contributed by atoms with Crippen molar-refractivity contribution in [3.63, 3.8) is 0 Å². The molecule has 3 N–H and O–H groups in total. The van der Waals surface area contributed by atoms with Gasteiger partial charge in [-0.25, -0.2) is 4.39 Å². The Balaban J connectivity index is 1.60. The third-order valence-electron chi connectivity index (χ3n) is 6.89. The number of benzene rings is 1. The van der Waals surface area contributed by atoms with Gasteiger partial charge in [0.1, 0.15) is 12.2 Å². The van der Waals surface area contributed by atoms with Crippen LogP contribution in [0.4, 0.5) is 8.78 Å². The predicted molar refractivity (Wildman–Crippen MR) is 110 cm³/mol. The Morgan fingerprint density at radius 1 is 1.13 bits per heavy atom. The quantitative estimate of drug-likeness (QED) is 0.674. The van der Waals surface area contributed by atoms with E-state index in [-0.39, 0.29) is 24.3 Å². The Morgan fingerprint density at radius 3 is 2.43 bits per heavy atom. The minimum absolute atomic E-state index is 0.0934. The van der Waals surface area contributed by atoms with Gasteiger partial charge in [-0.1, -0.05) is 26.8 Å². The van der Waals surface area contributed by atoms with Crippen LogP contribution in [-0.2, 0) is 0 Å². The van der Waals surface area contributed by atoms with Gasteiger partial charge in [0.05, 0.1) is 11.7 Å². The minimum Gasteiger partial charge on any atom is -0.487 e. The highest BCUT2D eigenvalue weighted by molar-refractivity contribution is 5.25. The van der Waals surface area contributed by atoms with E-state index in [4.69, 9.17) is 4.74 Å². The maximum absolute atomic E-state index is 13.8. The Bertz CT molecular complexity index is 730. The van der Waals surface area contributed by atoms with Crippen LogP contribution < -0.4 is 4.74 Å². The van der Waals surface area contributed by atoms with Crippen molar-refractivity contribution in [2.75, 3.05) is 26.2 Å². The summed E-state index contributed by atoms with van der Waals surface area (Å²) in [4.78, 5) is 1.94. The molecule has 3 rings (SSSR count). The lowest BCUT2D eigenvalue weighted by Crippen LogP contribution is -2.62. The Morgan fingerprint density at radius 2 is 1.80 bits per heavy atom. The molecule has 0 amide bonds. The van der Waals surface area contributed by atoms with Gasteiger partial charge < -0.3 is 20.1 Å². The van der Waals surface area contributed by atoms with Gasteiger partial charge in [-0.05, 0) is 55.6 Å². The van der Waals surface area contributed by atoms with Crippen LogP contribution in [0.1, 0.15) is 52.9 Å². The fourth-order valence-corrected chi connectivity index (χ4v) is 4.82. The first-order valence-corrected chi connectivity index (χ1v) is 10.8. The van der Waals surface area contributed by atoms with Crippen LogP contribution in [0.2, 0.25) is 0 Å². The van der Waals surface area contributed by atoms with Gasteiger partial charge in [0.15, 0.2) is 11.6 Å². The van der Waals surface area contributed by atoms with Gasteiger partial charge in [0, 0.05) is 19.6 Å². The van der Waals surface area contributed by atoms with Crippen LogP contribution in [-0.4, -0.2) is 63.8 Å². The molecule has 0 spiro atoms. The van der Waals surface area contributed by atoms with Crippen molar-refractivity contribution in [1.29, 1.82) is 0 Å². The number of ether oxygens (including phenoxy) is 1. The van der Waals surface area contributed by atoms with Crippen molar-refractivity contribution < 1.29 is 28.8 Å². The number of piperidine rings is 1. The highest BCUT2D eigenvalue weighted by Crippen LogP contribution is 2.42. The van der Waals surface area contributed by atoms with Crippen molar-refractivity contribution in [3.05, 3.63) is 29.8 Å². The summed E-state index contributed by atoms with van der Waals surface area (Å²) in [5, 5.41) is 32.4. The van der Waals surface area contributed by atoms with E-state index < -0.39 is 28.9 Å². The average molecular weight is 428 g/mol. The second-order valence-electron chi connectivity index (χ2n) is 10.3. The summed E-state index contributed by atoms with van der Waals surface area (Å²) < 4.78 is 32.6. The van der Waals surface area contributed by atoms with Crippen LogP contribution in [0.3, 0.4) is 0 Å². The number of aliphatic hydroxyl groups excluding tert-OH is 1. The molecule has 0 unspecified atom stereocenters. The monoisotopic (exact) mass is 427 g/mol. The predicted octanol–water partition coefficient (Wildman–Crippen LogP) is 3.11. The second kappa shape index (κ2) is 8.69. The molecular weight excluding hydrogens is 392 g/mol. The zero-order valence-corrected chi connectivity index (χ0v) is 18.2. The highest BCUT2D eigenvalue weighted by Gasteiger charge is 2.45. The van der Waals surface area contributed by atoms with Gasteiger partial charge >= 0.3 is 0 Å². The lowest BCUT2D eigenvalue weighted by Gasteiger charge is -2.47. The number of likely N-dealkylation sites (tertiary alicyclic amines) is 1. The first-order valence-electron chi connectivity index (χ1n) is 10.8. The Hall–Kier alpha value is -1.28. The van der Waals surface area contributed by atoms with Crippen molar-refractivity contribution in [2.24, 2.45) is 11.3 Å². The van der Waals surface area contributed by atoms with E-state index in [9.17, 15) is 24.1 Å². The maximum atomic E-state index is 13.8. The summed E-state index contributed by atoms with van der Waals surface area (Å²) in [6, 6.07) is 3.60. The molecule has 1 aliphatic heterocycles. The number of nitrogens with zero attached hydrogens (tertiary/aromatic N) is 1. The molecule has 0 bridgehead atoms. The van der Waals surface area contributed by atoms with E-state index in [1.54, 1.807) is 0 Å². The fraction of sp³-hybridized carbons (Fsp3) is 0.739. The molecule has 2 atom stereocenters. The fourth-order valence-electron chi connectivity index (χ4n) is 4.82. The minimum atomic E-state index is -1.63. The normalized spacial score (nSPS) is 33.5. The number of halogens is 2. The topological polar surface area (TPSA) is 73.2 Å². The standard InChI is InChI=1S/C23H35F2NO4/c1-21(2,3)16-7-10-22(28,11-8-16)13-26-12-9-19(27)23(29,14-26)15-30-18-6-4-5-17(24)20(18)25/h4-6,16,19,27-29H,7-15H2,1-3H3/t16?,19-,22?,23-/m0/s1.